The normalized spacial score (nSPS) is 18.7. The third-order valence-electron chi connectivity index (χ3n) is 2.49. The zero-order valence-electron chi connectivity index (χ0n) is 8.52. The van der Waals surface area contributed by atoms with Gasteiger partial charge in [0.25, 0.3) is 0 Å². The topological polar surface area (TPSA) is 92.7 Å². The molecular formula is C8H15NO5S. The molecule has 0 aliphatic heterocycles. The molecule has 2 N–H and O–H groups in total. The zero-order valence-corrected chi connectivity index (χ0v) is 9.34. The number of rotatable bonds is 7. The Kier molecular flexibility index (Phi) is 3.69. The average molecular weight is 237 g/mol. The van der Waals surface area contributed by atoms with Gasteiger partial charge in [-0.1, -0.05) is 0 Å². The minimum Gasteiger partial charge on any atom is -0.481 e. The van der Waals surface area contributed by atoms with Gasteiger partial charge in [-0.25, -0.2) is 13.1 Å². The smallest absolute Gasteiger partial charge is 0.310 e. The third kappa shape index (κ3) is 3.44. The summed E-state index contributed by atoms with van der Waals surface area (Å²) in [4.78, 5) is 10.8. The maximum Gasteiger partial charge on any atom is 0.310 e. The first-order chi connectivity index (χ1) is 6.92. The maximum absolute atomic E-state index is 11.3. The van der Waals surface area contributed by atoms with Crippen LogP contribution in [0.5, 0.6) is 0 Å². The molecule has 0 atom stereocenters. The molecular weight excluding hydrogens is 222 g/mol. The van der Waals surface area contributed by atoms with E-state index >= 15 is 0 Å². The van der Waals surface area contributed by atoms with E-state index in [1.807, 2.05) is 0 Å². The number of sulfonamides is 1. The van der Waals surface area contributed by atoms with Crippen molar-refractivity contribution < 1.29 is 23.1 Å². The van der Waals surface area contributed by atoms with E-state index in [9.17, 15) is 13.2 Å². The van der Waals surface area contributed by atoms with Gasteiger partial charge in [0.05, 0.1) is 17.8 Å². The van der Waals surface area contributed by atoms with E-state index in [2.05, 4.69) is 9.46 Å². The van der Waals surface area contributed by atoms with Crippen LogP contribution in [0.25, 0.3) is 0 Å². The molecule has 7 heteroatoms. The van der Waals surface area contributed by atoms with Gasteiger partial charge in [-0.15, -0.1) is 0 Å². The van der Waals surface area contributed by atoms with Gasteiger partial charge in [-0.3, -0.25) is 4.79 Å². The van der Waals surface area contributed by atoms with Crippen LogP contribution in [-0.2, 0) is 19.6 Å². The van der Waals surface area contributed by atoms with Gasteiger partial charge in [-0.2, -0.15) is 0 Å². The number of methoxy groups -OCH3 is 1. The monoisotopic (exact) mass is 237 g/mol. The van der Waals surface area contributed by atoms with Crippen molar-refractivity contribution in [3.8, 4) is 0 Å². The first-order valence-electron chi connectivity index (χ1n) is 4.62. The van der Waals surface area contributed by atoms with E-state index in [0.717, 1.165) is 0 Å². The molecule has 0 spiro atoms. The van der Waals surface area contributed by atoms with Crippen molar-refractivity contribution in [3.63, 3.8) is 0 Å². The molecule has 0 radical (unpaired) electrons. The molecule has 0 unspecified atom stereocenters. The molecule has 88 valence electrons. The van der Waals surface area contributed by atoms with Gasteiger partial charge in [0, 0.05) is 13.7 Å². The van der Waals surface area contributed by atoms with Gasteiger partial charge in [0.2, 0.25) is 10.0 Å². The Bertz CT molecular complexity index is 333. The molecule has 1 rings (SSSR count). The van der Waals surface area contributed by atoms with Gasteiger partial charge >= 0.3 is 5.97 Å². The lowest BCUT2D eigenvalue weighted by molar-refractivity contribution is -0.142. The Morgan fingerprint density at radius 3 is 2.53 bits per heavy atom. The van der Waals surface area contributed by atoms with E-state index in [4.69, 9.17) is 5.11 Å². The number of carbonyl (C=O) groups is 1. The van der Waals surface area contributed by atoms with E-state index in [1.165, 1.54) is 7.11 Å². The van der Waals surface area contributed by atoms with Crippen molar-refractivity contribution in [2.24, 2.45) is 5.41 Å². The predicted molar refractivity (Wildman–Crippen MR) is 53.0 cm³/mol. The van der Waals surface area contributed by atoms with Crippen molar-refractivity contribution in [1.29, 1.82) is 0 Å². The first-order valence-corrected chi connectivity index (χ1v) is 6.27. The zero-order chi connectivity index (χ0) is 11.5. The Balaban J connectivity index is 2.40. The number of hydrogen-bond acceptors (Lipinski definition) is 4. The molecule has 1 fully saturated rings. The summed E-state index contributed by atoms with van der Waals surface area (Å²) in [5.41, 5.74) is -0.861. The highest BCUT2D eigenvalue weighted by molar-refractivity contribution is 7.89. The van der Waals surface area contributed by atoms with Gasteiger partial charge in [0.1, 0.15) is 0 Å². The predicted octanol–water partition coefficient (Wildman–Crippen LogP) is -0.583. The molecule has 0 saturated heterocycles. The van der Waals surface area contributed by atoms with Crippen LogP contribution in [0.2, 0.25) is 0 Å². The molecule has 0 aromatic carbocycles. The molecule has 15 heavy (non-hydrogen) atoms. The lowest BCUT2D eigenvalue weighted by atomic mass is 10.1. The second-order valence-corrected chi connectivity index (χ2v) is 5.64. The van der Waals surface area contributed by atoms with Crippen LogP contribution in [0.4, 0.5) is 0 Å². The molecule has 1 saturated carbocycles. The highest BCUT2D eigenvalue weighted by Gasteiger charge is 2.50. The largest absolute Gasteiger partial charge is 0.481 e. The number of hydrogen-bond donors (Lipinski definition) is 2. The Morgan fingerprint density at radius 2 is 2.13 bits per heavy atom. The van der Waals surface area contributed by atoms with E-state index in [-0.39, 0.29) is 18.9 Å². The standard InChI is InChI=1S/C8H15NO5S/c1-14-4-5-15(12,13)9-6-8(2-3-8)7(10)11/h9H,2-6H2,1H3,(H,10,11). The van der Waals surface area contributed by atoms with Crippen molar-refractivity contribution in [2.45, 2.75) is 12.8 Å². The van der Waals surface area contributed by atoms with Crippen molar-refractivity contribution >= 4 is 16.0 Å². The Hall–Kier alpha value is -0.660. The summed E-state index contributed by atoms with van der Waals surface area (Å²) in [5, 5.41) is 8.82. The number of carboxylic acid groups (broad SMARTS) is 1. The fourth-order valence-electron chi connectivity index (χ4n) is 1.13. The second-order valence-electron chi connectivity index (χ2n) is 3.72. The van der Waals surface area contributed by atoms with Crippen LogP contribution in [0.3, 0.4) is 0 Å². The molecule has 0 amide bonds. The summed E-state index contributed by atoms with van der Waals surface area (Å²) in [6.07, 6.45) is 1.07. The van der Waals surface area contributed by atoms with Gasteiger partial charge in [-0.05, 0) is 12.8 Å². The van der Waals surface area contributed by atoms with Crippen LogP contribution >= 0.6 is 0 Å². The molecule has 1 aliphatic rings. The maximum atomic E-state index is 11.3. The molecule has 0 heterocycles. The number of aliphatic carboxylic acids is 1. The number of carboxylic acids is 1. The molecule has 0 bridgehead atoms. The summed E-state index contributed by atoms with van der Waals surface area (Å²) in [6, 6.07) is 0. The van der Waals surface area contributed by atoms with Crippen molar-refractivity contribution in [1.82, 2.24) is 4.72 Å². The Labute approximate surface area is 88.7 Å². The Morgan fingerprint density at radius 1 is 1.53 bits per heavy atom. The van der Waals surface area contributed by atoms with E-state index in [1.54, 1.807) is 0 Å². The fourth-order valence-corrected chi connectivity index (χ4v) is 2.16. The highest BCUT2D eigenvalue weighted by atomic mass is 32.2. The highest BCUT2D eigenvalue weighted by Crippen LogP contribution is 2.45. The summed E-state index contributed by atoms with van der Waals surface area (Å²) in [6.45, 7) is 0.0871. The van der Waals surface area contributed by atoms with Crippen LogP contribution in [0.15, 0.2) is 0 Å². The molecule has 6 nitrogen and oxygen atoms in total. The van der Waals surface area contributed by atoms with E-state index in [0.29, 0.717) is 12.8 Å². The van der Waals surface area contributed by atoms with Crippen LogP contribution in [0.1, 0.15) is 12.8 Å². The lowest BCUT2D eigenvalue weighted by Crippen LogP contribution is -2.36. The fraction of sp³-hybridized carbons (Fsp3) is 0.875. The number of nitrogens with one attached hydrogen (secondary N) is 1. The van der Waals surface area contributed by atoms with Gasteiger partial charge < -0.3 is 9.84 Å². The lowest BCUT2D eigenvalue weighted by Gasteiger charge is -2.11. The first kappa shape index (κ1) is 12.4. The quantitative estimate of drug-likeness (QED) is 0.618. The number of ether oxygens (including phenoxy) is 1. The van der Waals surface area contributed by atoms with Gasteiger partial charge in [0.15, 0.2) is 0 Å². The second kappa shape index (κ2) is 4.46. The average Bonchev–Trinajstić information content (AvgIpc) is 2.93. The van der Waals surface area contributed by atoms with E-state index < -0.39 is 21.4 Å². The minimum atomic E-state index is -3.41. The van der Waals surface area contributed by atoms with Crippen molar-refractivity contribution in [2.75, 3.05) is 26.0 Å². The molecule has 0 aromatic rings. The van der Waals surface area contributed by atoms with Crippen LogP contribution in [-0.4, -0.2) is 45.5 Å². The summed E-state index contributed by atoms with van der Waals surface area (Å²) in [7, 11) is -2.00. The SMILES string of the molecule is COCCS(=O)(=O)NCC1(C(=O)O)CC1. The summed E-state index contributed by atoms with van der Waals surface area (Å²) >= 11 is 0. The molecule has 1 aliphatic carbocycles. The van der Waals surface area contributed by atoms with Crippen LogP contribution < -0.4 is 4.72 Å². The third-order valence-corrected chi connectivity index (χ3v) is 3.78. The summed E-state index contributed by atoms with van der Waals surface area (Å²) in [5.74, 6) is -1.07. The van der Waals surface area contributed by atoms with Crippen molar-refractivity contribution in [3.05, 3.63) is 0 Å². The van der Waals surface area contributed by atoms with Crippen LogP contribution in [0, 0.1) is 5.41 Å². The minimum absolute atomic E-state index is 0.0195. The summed E-state index contributed by atoms with van der Waals surface area (Å²) < 4.78 is 29.5. The molecule has 0 aromatic heterocycles.